The highest BCUT2D eigenvalue weighted by Crippen LogP contribution is 2.14. The third-order valence-electron chi connectivity index (χ3n) is 2.20. The molecule has 0 unspecified atom stereocenters. The smallest absolute Gasteiger partial charge is 0.277 e. The van der Waals surface area contributed by atoms with E-state index in [0.29, 0.717) is 4.99 Å². The number of rotatable bonds is 3. The van der Waals surface area contributed by atoms with Crippen LogP contribution in [0.1, 0.15) is 6.92 Å². The Labute approximate surface area is 114 Å². The third kappa shape index (κ3) is 3.29. The van der Waals surface area contributed by atoms with Crippen molar-refractivity contribution in [2.75, 3.05) is 10.7 Å². The standard InChI is InChI=1S/C12H12N4O2S/c1-8(19)15-16-11(18)7-10(17)14-12(16)13-9-5-3-2-4-6-9/h2-7,17H,1H3,(H,13,14)(H,15,19). The quantitative estimate of drug-likeness (QED) is 0.739. The molecule has 1 aromatic heterocycles. The summed E-state index contributed by atoms with van der Waals surface area (Å²) in [7, 11) is 0. The Morgan fingerprint density at radius 1 is 1.37 bits per heavy atom. The highest BCUT2D eigenvalue weighted by molar-refractivity contribution is 7.80. The Bertz CT molecular complexity index is 655. The molecule has 3 N–H and O–H groups in total. The highest BCUT2D eigenvalue weighted by atomic mass is 32.1. The van der Waals surface area contributed by atoms with Gasteiger partial charge in [-0.05, 0) is 19.1 Å². The number of thiocarbonyl (C=S) groups is 1. The minimum Gasteiger partial charge on any atom is -0.493 e. The van der Waals surface area contributed by atoms with Crippen molar-refractivity contribution in [3.8, 4) is 5.88 Å². The van der Waals surface area contributed by atoms with Crippen LogP contribution in [0.5, 0.6) is 5.88 Å². The lowest BCUT2D eigenvalue weighted by atomic mass is 10.3. The molecule has 0 aliphatic rings. The number of nitrogens with one attached hydrogen (secondary N) is 2. The maximum atomic E-state index is 11.8. The maximum absolute atomic E-state index is 11.8. The first-order valence-electron chi connectivity index (χ1n) is 5.49. The van der Waals surface area contributed by atoms with Crippen LogP contribution in [0.2, 0.25) is 0 Å². The van der Waals surface area contributed by atoms with Crippen molar-refractivity contribution in [2.45, 2.75) is 6.92 Å². The van der Waals surface area contributed by atoms with E-state index in [4.69, 9.17) is 12.2 Å². The number of hydrogen-bond donors (Lipinski definition) is 3. The molecule has 0 spiro atoms. The first-order valence-corrected chi connectivity index (χ1v) is 5.90. The second-order valence-corrected chi connectivity index (χ2v) is 4.38. The third-order valence-corrected chi connectivity index (χ3v) is 2.30. The number of aromatic hydroxyl groups is 1. The molecule has 2 aromatic rings. The van der Waals surface area contributed by atoms with Crippen LogP contribution in [0.4, 0.5) is 11.6 Å². The lowest BCUT2D eigenvalue weighted by molar-refractivity contribution is 0.450. The largest absolute Gasteiger partial charge is 0.493 e. The summed E-state index contributed by atoms with van der Waals surface area (Å²) in [5.41, 5.74) is 2.96. The summed E-state index contributed by atoms with van der Waals surface area (Å²) >= 11 is 4.91. The summed E-state index contributed by atoms with van der Waals surface area (Å²) in [5, 5.41) is 12.3. The Kier molecular flexibility index (Phi) is 3.76. The predicted molar refractivity (Wildman–Crippen MR) is 77.5 cm³/mol. The topological polar surface area (TPSA) is 79.2 Å². The minimum atomic E-state index is -0.463. The Hall–Kier alpha value is -2.41. The van der Waals surface area contributed by atoms with E-state index in [9.17, 15) is 9.90 Å². The highest BCUT2D eigenvalue weighted by Gasteiger charge is 2.08. The van der Waals surface area contributed by atoms with Gasteiger partial charge in [0.25, 0.3) is 5.56 Å². The SMILES string of the molecule is CC(=S)Nn1c(Nc2ccccc2)nc(O)cc1=O. The van der Waals surface area contributed by atoms with Gasteiger partial charge in [0.05, 0.1) is 11.1 Å². The van der Waals surface area contributed by atoms with E-state index in [1.807, 2.05) is 30.3 Å². The van der Waals surface area contributed by atoms with Crippen molar-refractivity contribution in [2.24, 2.45) is 0 Å². The normalized spacial score (nSPS) is 9.95. The van der Waals surface area contributed by atoms with Crippen LogP contribution in [0.25, 0.3) is 0 Å². The molecule has 0 aliphatic carbocycles. The molecule has 0 amide bonds. The molecule has 6 nitrogen and oxygen atoms in total. The number of para-hydroxylation sites is 1. The molecule has 98 valence electrons. The molecule has 0 atom stereocenters. The van der Waals surface area contributed by atoms with Crippen molar-refractivity contribution < 1.29 is 5.11 Å². The zero-order valence-corrected chi connectivity index (χ0v) is 10.9. The predicted octanol–water partition coefficient (Wildman–Crippen LogP) is 1.58. The fourth-order valence-electron chi connectivity index (χ4n) is 1.47. The molecule has 0 aliphatic heterocycles. The molecule has 19 heavy (non-hydrogen) atoms. The number of anilines is 2. The molecule has 0 bridgehead atoms. The Balaban J connectivity index is 2.43. The van der Waals surface area contributed by atoms with Gasteiger partial charge in [0.15, 0.2) is 0 Å². The van der Waals surface area contributed by atoms with Gasteiger partial charge in [0, 0.05) is 5.69 Å². The fourth-order valence-corrected chi connectivity index (χ4v) is 1.56. The van der Waals surface area contributed by atoms with Crippen molar-refractivity contribution in [1.82, 2.24) is 9.66 Å². The summed E-state index contributed by atoms with van der Waals surface area (Å²) in [4.78, 5) is 16.1. The zero-order valence-electron chi connectivity index (χ0n) is 10.1. The van der Waals surface area contributed by atoms with Gasteiger partial charge in [-0.15, -0.1) is 0 Å². The number of hydrogen-bond acceptors (Lipinski definition) is 5. The number of benzene rings is 1. The van der Waals surface area contributed by atoms with Gasteiger partial charge in [-0.3, -0.25) is 10.2 Å². The second kappa shape index (κ2) is 5.49. The lowest BCUT2D eigenvalue weighted by Gasteiger charge is -2.14. The minimum absolute atomic E-state index is 0.153. The van der Waals surface area contributed by atoms with Gasteiger partial charge >= 0.3 is 0 Å². The molecule has 0 saturated heterocycles. The molecule has 1 heterocycles. The van der Waals surface area contributed by atoms with E-state index in [1.54, 1.807) is 6.92 Å². The molecular formula is C12H12N4O2S. The summed E-state index contributed by atoms with van der Waals surface area (Å²) in [6.45, 7) is 1.64. The van der Waals surface area contributed by atoms with E-state index >= 15 is 0 Å². The first-order chi connectivity index (χ1) is 9.06. The summed E-state index contributed by atoms with van der Waals surface area (Å²) in [6, 6.07) is 10.2. The van der Waals surface area contributed by atoms with Crippen LogP contribution in [0.15, 0.2) is 41.2 Å². The van der Waals surface area contributed by atoms with E-state index in [-0.39, 0.29) is 11.8 Å². The Morgan fingerprint density at radius 2 is 2.05 bits per heavy atom. The second-order valence-electron chi connectivity index (χ2n) is 3.77. The lowest BCUT2D eigenvalue weighted by Crippen LogP contribution is -2.32. The molecule has 7 heteroatoms. The van der Waals surface area contributed by atoms with E-state index < -0.39 is 5.56 Å². The average Bonchev–Trinajstić information content (AvgIpc) is 2.34. The van der Waals surface area contributed by atoms with Gasteiger partial charge in [0.1, 0.15) is 0 Å². The summed E-state index contributed by atoms with van der Waals surface area (Å²) in [6.07, 6.45) is 0. The van der Waals surface area contributed by atoms with E-state index in [0.717, 1.165) is 16.4 Å². The van der Waals surface area contributed by atoms with Crippen molar-refractivity contribution in [3.63, 3.8) is 0 Å². The molecular weight excluding hydrogens is 264 g/mol. The molecule has 1 aromatic carbocycles. The van der Waals surface area contributed by atoms with E-state index in [2.05, 4.69) is 15.7 Å². The van der Waals surface area contributed by atoms with Crippen molar-refractivity contribution >= 4 is 28.8 Å². The van der Waals surface area contributed by atoms with E-state index in [1.165, 1.54) is 0 Å². The van der Waals surface area contributed by atoms with Gasteiger partial charge in [0.2, 0.25) is 11.8 Å². The monoisotopic (exact) mass is 276 g/mol. The van der Waals surface area contributed by atoms with Crippen molar-refractivity contribution in [3.05, 3.63) is 46.8 Å². The Morgan fingerprint density at radius 3 is 2.68 bits per heavy atom. The zero-order chi connectivity index (χ0) is 13.8. The fraction of sp³-hybridized carbons (Fsp3) is 0.0833. The van der Waals surface area contributed by atoms with Crippen molar-refractivity contribution in [1.29, 1.82) is 0 Å². The van der Waals surface area contributed by atoms with Crippen LogP contribution in [-0.4, -0.2) is 19.8 Å². The molecule has 0 radical (unpaired) electrons. The van der Waals surface area contributed by atoms with Crippen LogP contribution < -0.4 is 16.3 Å². The average molecular weight is 276 g/mol. The molecule has 0 fully saturated rings. The van der Waals surface area contributed by atoms with Gasteiger partial charge in [-0.1, -0.05) is 30.4 Å². The molecule has 0 saturated carbocycles. The number of aromatic nitrogens is 2. The van der Waals surface area contributed by atoms with Crippen LogP contribution in [0.3, 0.4) is 0 Å². The molecule has 2 rings (SSSR count). The summed E-state index contributed by atoms with van der Waals surface area (Å²) in [5.74, 6) is -0.205. The van der Waals surface area contributed by atoms with Gasteiger partial charge in [-0.2, -0.15) is 9.66 Å². The maximum Gasteiger partial charge on any atom is 0.277 e. The van der Waals surface area contributed by atoms with Crippen LogP contribution in [-0.2, 0) is 0 Å². The van der Waals surface area contributed by atoms with Gasteiger partial charge < -0.3 is 10.4 Å². The van der Waals surface area contributed by atoms with Gasteiger partial charge in [-0.25, -0.2) is 0 Å². The number of nitrogens with zero attached hydrogens (tertiary/aromatic N) is 2. The van der Waals surface area contributed by atoms with Crippen LogP contribution >= 0.6 is 12.2 Å². The summed E-state index contributed by atoms with van der Waals surface area (Å²) < 4.78 is 1.13. The first kappa shape index (κ1) is 13.0. The van der Waals surface area contributed by atoms with Crippen LogP contribution in [0, 0.1) is 0 Å².